The number of benzene rings is 3. The maximum absolute atomic E-state index is 14.4. The van der Waals surface area contributed by atoms with Crippen molar-refractivity contribution >= 4 is 135 Å². The van der Waals surface area contributed by atoms with Crippen LogP contribution in [0.1, 0.15) is 206 Å². The van der Waals surface area contributed by atoms with Gasteiger partial charge in [0.25, 0.3) is 40.5 Å². The highest BCUT2D eigenvalue weighted by Gasteiger charge is 2.46. The van der Waals surface area contributed by atoms with E-state index in [1.54, 1.807) is 31.7 Å². The molecule has 18 N–H and O–H groups in total. The van der Waals surface area contributed by atoms with E-state index in [4.69, 9.17) is 9.84 Å². The smallest absolute Gasteiger partial charge is 0.326 e. The van der Waals surface area contributed by atoms with Crippen molar-refractivity contribution in [3.05, 3.63) is 119 Å². The second kappa shape index (κ2) is 56.7. The van der Waals surface area contributed by atoms with Gasteiger partial charge in [-0.25, -0.2) is 19.2 Å². The van der Waals surface area contributed by atoms with Crippen LogP contribution in [0.2, 0.25) is 0 Å². The van der Waals surface area contributed by atoms with Gasteiger partial charge in [-0.05, 0) is 219 Å². The van der Waals surface area contributed by atoms with Crippen molar-refractivity contribution in [3.8, 4) is 5.75 Å². The summed E-state index contributed by atoms with van der Waals surface area (Å²) in [5.74, 6) is -11.5. The summed E-state index contributed by atoms with van der Waals surface area (Å²) >= 11 is 0. The number of aliphatic carboxylic acids is 7. The number of nitrogens with one attached hydrogen (secondary N) is 7. The van der Waals surface area contributed by atoms with Crippen LogP contribution in [0, 0.1) is 0 Å². The monoisotopic (exact) mass is 2100 g/mol. The van der Waals surface area contributed by atoms with Crippen LogP contribution >= 0.6 is 0 Å². The average Bonchev–Trinajstić information content (AvgIpc) is 1.59. The average molecular weight is 2100 g/mol. The molecule has 1 aliphatic carbocycles. The third kappa shape index (κ3) is 40.4. The lowest BCUT2D eigenvalue weighted by Gasteiger charge is -2.33. The fraction of sp³-hybridized carbons (Fsp3) is 0.574. The second-order valence-corrected chi connectivity index (χ2v) is 42.8. The number of rotatable bonds is 60. The minimum absolute atomic E-state index is 0.0519. The van der Waals surface area contributed by atoms with Crippen molar-refractivity contribution in [1.29, 1.82) is 0 Å². The zero-order chi connectivity index (χ0) is 106. The van der Waals surface area contributed by atoms with Gasteiger partial charge < -0.3 is 82.6 Å². The Balaban J connectivity index is 0.994. The van der Waals surface area contributed by atoms with Crippen LogP contribution in [0.25, 0.3) is 0 Å². The molecular weight excluding hydrogens is 1970 g/mol. The van der Waals surface area contributed by atoms with Crippen LogP contribution in [0.3, 0.4) is 0 Å². The molecule has 144 heavy (non-hydrogen) atoms. The Morgan fingerprint density at radius 3 is 1.32 bits per heavy atom. The normalized spacial score (nSPS) is 17.1. The molecule has 0 spiro atoms. The first-order valence-electron chi connectivity index (χ1n) is 47.8. The van der Waals surface area contributed by atoms with E-state index in [1.165, 1.54) is 48.5 Å². The first-order chi connectivity index (χ1) is 67.7. The van der Waals surface area contributed by atoms with Crippen LogP contribution in [-0.4, -0.2) is 336 Å². The molecule has 50 heteroatoms. The summed E-state index contributed by atoms with van der Waals surface area (Å²) in [7, 11) is -18.3. The first kappa shape index (κ1) is 119. The van der Waals surface area contributed by atoms with E-state index in [0.29, 0.717) is 134 Å². The Morgan fingerprint density at radius 2 is 0.861 bits per heavy atom. The quantitative estimate of drug-likeness (QED) is 0.0188. The molecule has 0 aromatic heterocycles. The SMILES string of the molecule is CC1(C)C(/C=C/C2=C(Oc3ccc(S(=O)(=O)O)cc3)C(=C/C=C3/N(CCCCS(=O)(=O)O)c4ccc(S(=O)(=O)O)cc4C3(C)C)/CCC2)=[N+](CCCCCC(=O)NCCCC[C@H](NC(=O)CN2CCN(CC(=O)O)CCN(CC(=O)O)CCN(CC(=O)O)CC2)C(=O)N[C@@H](CCCCNC(=O)CCCCCCC(=O)NCCCC[C@H](NC(=O)N[C@@H](CCC(=O)O)C(=O)O)C(=O)O)C(=O)O)c2ccc(S(=O)(=O)O)cc21. The highest BCUT2D eigenvalue weighted by Crippen LogP contribution is 2.49. The summed E-state index contributed by atoms with van der Waals surface area (Å²) in [6, 6.07) is 6.60. The molecule has 0 unspecified atom stereocenters. The maximum Gasteiger partial charge on any atom is 0.326 e. The molecule has 3 aliphatic heterocycles. The standard InChI is InChI=1S/C94H135N13O33S4/c1-93(2)69-57-67(143(134,135)136)35-38-75(69)106(77(93)40-29-63-21-20-22-64(87(63)140-65-31-33-66(34-32-65)142(131,132)133)30-41-78-94(3,4)70-58-68(144(137,138)139)36-39-76(70)107(78)47-18-19-56-141(128,129)130)46-17-7-10-28-81(110)95-43-14-11-23-71(98-82(111)59-102-48-50-103(60-84(114)115)52-54-105(62-86(118)119)55-53-104(51-49-102)61-85(116)117)88(120)99-72(89(121)122)24-12-15-44-96-79(108)26-8-5-6-9-27-80(109)97-45-16-13-25-73(90(123)124)100-92(127)101-74(91(125)126)37-42-83(112)113/h29-36,38-41,57-58,71-74H,5-28,37,42-56,59-62H2,1-4H3,(H17-,95,96,97,98,99,100,101,108,109,110,111,112,113,114,115,116,117,118,119,120,121,122,123,124,125,126,127,128,129,130,131,132,133,134,135,136,137,138,139)/p+1/t71-,72-,73-,74-/m0/s1. The van der Waals surface area contributed by atoms with Gasteiger partial charge in [-0.1, -0.05) is 32.8 Å². The fourth-order valence-corrected chi connectivity index (χ4v) is 19.4. The van der Waals surface area contributed by atoms with Crippen LogP contribution in [0.4, 0.5) is 16.2 Å². The van der Waals surface area contributed by atoms with Crippen LogP contribution in [0.5, 0.6) is 5.75 Å². The highest BCUT2D eigenvalue weighted by molar-refractivity contribution is 7.86. The Morgan fingerprint density at radius 1 is 0.424 bits per heavy atom. The van der Waals surface area contributed by atoms with E-state index in [0.717, 1.165) is 0 Å². The molecule has 7 amide bonds. The Labute approximate surface area is 837 Å². The predicted octanol–water partition coefficient (Wildman–Crippen LogP) is 5.51. The number of carboxylic acids is 7. The summed E-state index contributed by atoms with van der Waals surface area (Å²) < 4.78 is 147. The van der Waals surface area contributed by atoms with Crippen LogP contribution < -0.4 is 46.9 Å². The molecule has 3 aromatic carbocycles. The summed E-state index contributed by atoms with van der Waals surface area (Å²) in [6.45, 7) is 7.43. The van der Waals surface area contributed by atoms with E-state index in [1.807, 2.05) is 61.5 Å². The van der Waals surface area contributed by atoms with Gasteiger partial charge in [-0.2, -0.15) is 38.2 Å². The number of ether oxygens (including phenoxy) is 1. The number of carbonyl (C=O) groups excluding carboxylic acids is 6. The Kier molecular flexibility index (Phi) is 46.9. The van der Waals surface area contributed by atoms with Gasteiger partial charge in [0, 0.05) is 145 Å². The molecule has 4 atom stereocenters. The topological polar surface area (TPSA) is 694 Å². The van der Waals surface area contributed by atoms with E-state index < -0.39 is 185 Å². The van der Waals surface area contributed by atoms with Crippen molar-refractivity contribution < 1.29 is 159 Å². The van der Waals surface area contributed by atoms with Crippen molar-refractivity contribution in [2.75, 3.05) is 122 Å². The molecule has 3 aromatic rings. The lowest BCUT2D eigenvalue weighted by atomic mass is 9.81. The third-order valence-corrected chi connectivity index (χ3v) is 28.5. The maximum atomic E-state index is 14.4. The molecule has 4 aliphatic rings. The number of hydrogen-bond acceptors (Lipinski definition) is 27. The van der Waals surface area contributed by atoms with Crippen molar-refractivity contribution in [3.63, 3.8) is 0 Å². The Hall–Kier alpha value is -11.7. The van der Waals surface area contributed by atoms with Gasteiger partial charge in [0.05, 0.1) is 52.0 Å². The number of hydrogen-bond donors (Lipinski definition) is 18. The summed E-state index contributed by atoms with van der Waals surface area (Å²) in [6.07, 6.45) is 13.5. The molecule has 7 rings (SSSR count). The number of nitrogens with zero attached hydrogens (tertiary/aromatic N) is 6. The van der Waals surface area contributed by atoms with E-state index >= 15 is 0 Å². The number of unbranched alkanes of at least 4 members (excludes halogenated alkanes) is 9. The molecular formula is C94H136N13O33S4+. The first-order valence-corrected chi connectivity index (χ1v) is 53.8. The van der Waals surface area contributed by atoms with Gasteiger partial charge >= 0.3 is 47.8 Å². The molecule has 0 saturated carbocycles. The van der Waals surface area contributed by atoms with Gasteiger partial charge in [-0.3, -0.25) is 81.0 Å². The number of carbonyl (C=O) groups is 13. The molecule has 0 radical (unpaired) electrons. The fourth-order valence-electron chi connectivity index (χ4n) is 17.4. The minimum atomic E-state index is -4.70. The van der Waals surface area contributed by atoms with Crippen molar-refractivity contribution in [1.82, 2.24) is 56.8 Å². The number of carboxylic acid groups (broad SMARTS) is 7. The predicted molar refractivity (Wildman–Crippen MR) is 523 cm³/mol. The van der Waals surface area contributed by atoms with Crippen molar-refractivity contribution in [2.24, 2.45) is 0 Å². The van der Waals surface area contributed by atoms with Gasteiger partial charge in [0.1, 0.15) is 42.2 Å². The molecule has 46 nitrogen and oxygen atoms in total. The van der Waals surface area contributed by atoms with E-state index in [9.17, 15) is 145 Å². The summed E-state index contributed by atoms with van der Waals surface area (Å²) in [4.78, 5) is 170. The van der Waals surface area contributed by atoms with Gasteiger partial charge in [0.2, 0.25) is 35.2 Å². The van der Waals surface area contributed by atoms with Gasteiger partial charge in [0.15, 0.2) is 5.71 Å². The largest absolute Gasteiger partial charge is 0.481 e. The minimum Gasteiger partial charge on any atom is -0.481 e. The van der Waals surface area contributed by atoms with E-state index in [-0.39, 0.29) is 189 Å². The van der Waals surface area contributed by atoms with E-state index in [2.05, 4.69) is 37.2 Å². The van der Waals surface area contributed by atoms with Crippen LogP contribution in [0.15, 0.2) is 122 Å². The number of fused-ring (bicyclic) bond motifs is 2. The van der Waals surface area contributed by atoms with Crippen LogP contribution in [-0.2, 0) is 109 Å². The zero-order valence-corrected chi connectivity index (χ0v) is 84.5. The third-order valence-electron chi connectivity index (χ3n) is 25.1. The number of amides is 7. The Bertz CT molecular complexity index is 5680. The number of urea groups is 1. The number of anilines is 1. The molecule has 798 valence electrons. The molecule has 3 heterocycles. The zero-order valence-electron chi connectivity index (χ0n) is 81.2. The summed E-state index contributed by atoms with van der Waals surface area (Å²) in [5.41, 5.74) is 3.00. The number of allylic oxidation sites excluding steroid dienone is 7. The molecule has 1 fully saturated rings. The lowest BCUT2D eigenvalue weighted by molar-refractivity contribution is -0.438. The molecule has 1 saturated heterocycles. The highest BCUT2D eigenvalue weighted by atomic mass is 32.2. The second-order valence-electron chi connectivity index (χ2n) is 37.0. The van der Waals surface area contributed by atoms with Gasteiger partial charge in [-0.15, -0.1) is 0 Å². The lowest BCUT2D eigenvalue weighted by Crippen LogP contribution is -2.54. The summed E-state index contributed by atoms with van der Waals surface area (Å²) in [5, 5.41) is 85.4. The molecule has 0 bridgehead atoms. The van der Waals surface area contributed by atoms with Crippen molar-refractivity contribution in [2.45, 2.75) is 244 Å².